The van der Waals surface area contributed by atoms with Crippen molar-refractivity contribution in [1.82, 2.24) is 15.3 Å². The third-order valence-electron chi connectivity index (χ3n) is 4.21. The van der Waals surface area contributed by atoms with Crippen LogP contribution in [0.25, 0.3) is 11.0 Å². The molecule has 0 fully saturated rings. The Kier molecular flexibility index (Phi) is 4.16. The third-order valence-corrected chi connectivity index (χ3v) is 4.59. The van der Waals surface area contributed by atoms with Gasteiger partial charge in [0.15, 0.2) is 0 Å². The Hall–Kier alpha value is -2.80. The standard InChI is InChI=1S/C18H15ClFN3O3/c1-9-15-14(3-2-13(20)16(15)19)25-5-4-21-18(24)12-8-23-17-11(12)6-10(26-9)7-22-17/h2-3,6-9H,4-5H2,1H3,(H,21,24)(H,22,23). The molecule has 1 aliphatic rings. The summed E-state index contributed by atoms with van der Waals surface area (Å²) < 4.78 is 25.6. The maximum absolute atomic E-state index is 14.0. The van der Waals surface area contributed by atoms with Gasteiger partial charge >= 0.3 is 0 Å². The molecule has 134 valence electrons. The van der Waals surface area contributed by atoms with Gasteiger partial charge in [0, 0.05) is 11.6 Å². The van der Waals surface area contributed by atoms with E-state index in [-0.39, 0.29) is 24.1 Å². The van der Waals surface area contributed by atoms with E-state index in [0.717, 1.165) is 0 Å². The van der Waals surface area contributed by atoms with Crippen LogP contribution >= 0.6 is 11.6 Å². The van der Waals surface area contributed by atoms with Crippen molar-refractivity contribution in [1.29, 1.82) is 0 Å². The number of ether oxygens (including phenoxy) is 2. The summed E-state index contributed by atoms with van der Waals surface area (Å²) in [6.07, 6.45) is 2.55. The molecular weight excluding hydrogens is 361 g/mol. The molecule has 4 rings (SSSR count). The van der Waals surface area contributed by atoms with E-state index in [0.29, 0.717) is 33.7 Å². The van der Waals surface area contributed by atoms with Crippen LogP contribution in [-0.2, 0) is 0 Å². The molecule has 1 aliphatic heterocycles. The first-order chi connectivity index (χ1) is 12.5. The minimum atomic E-state index is -0.584. The van der Waals surface area contributed by atoms with E-state index in [9.17, 15) is 9.18 Å². The predicted molar refractivity (Wildman–Crippen MR) is 94.4 cm³/mol. The highest BCUT2D eigenvalue weighted by atomic mass is 35.5. The lowest BCUT2D eigenvalue weighted by molar-refractivity contribution is 0.0948. The molecule has 0 spiro atoms. The van der Waals surface area contributed by atoms with Crippen LogP contribution in [0.2, 0.25) is 5.02 Å². The zero-order chi connectivity index (χ0) is 18.3. The Labute approximate surface area is 153 Å². The number of nitrogens with zero attached hydrogens (tertiary/aromatic N) is 1. The summed E-state index contributed by atoms with van der Waals surface area (Å²) in [5.41, 5.74) is 1.45. The number of fused-ring (bicyclic) bond motifs is 2. The van der Waals surface area contributed by atoms with E-state index in [4.69, 9.17) is 21.1 Å². The lowest BCUT2D eigenvalue weighted by Gasteiger charge is -2.20. The van der Waals surface area contributed by atoms with Gasteiger partial charge in [-0.2, -0.15) is 0 Å². The van der Waals surface area contributed by atoms with Gasteiger partial charge in [-0.3, -0.25) is 4.79 Å². The van der Waals surface area contributed by atoms with E-state index in [1.165, 1.54) is 18.3 Å². The number of benzene rings is 1. The quantitative estimate of drug-likeness (QED) is 0.629. The maximum atomic E-state index is 14.0. The molecular formula is C18H15ClFN3O3. The third kappa shape index (κ3) is 2.84. The molecule has 8 heteroatoms. The number of rotatable bonds is 0. The molecule has 3 aromatic rings. The Morgan fingerprint density at radius 1 is 1.38 bits per heavy atom. The number of carbonyl (C=O) groups is 1. The predicted octanol–water partition coefficient (Wildman–Crippen LogP) is 3.62. The highest BCUT2D eigenvalue weighted by Crippen LogP contribution is 2.37. The van der Waals surface area contributed by atoms with E-state index < -0.39 is 11.9 Å². The molecule has 2 aromatic heterocycles. The Morgan fingerprint density at radius 2 is 2.23 bits per heavy atom. The van der Waals surface area contributed by atoms with Crippen molar-refractivity contribution in [2.75, 3.05) is 13.2 Å². The summed E-state index contributed by atoms with van der Waals surface area (Å²) in [4.78, 5) is 19.6. The van der Waals surface area contributed by atoms with Gasteiger partial charge in [0.25, 0.3) is 5.91 Å². The van der Waals surface area contributed by atoms with Gasteiger partial charge in [-0.05, 0) is 25.1 Å². The number of aromatic amines is 1. The summed E-state index contributed by atoms with van der Waals surface area (Å²) in [7, 11) is 0. The van der Waals surface area contributed by atoms with Crippen LogP contribution in [0.3, 0.4) is 0 Å². The average Bonchev–Trinajstić information content (AvgIpc) is 3.04. The first kappa shape index (κ1) is 16.7. The summed E-state index contributed by atoms with van der Waals surface area (Å²) in [6.45, 7) is 2.23. The second-order valence-corrected chi connectivity index (χ2v) is 6.29. The number of carbonyl (C=O) groups excluding carboxylic acids is 1. The molecule has 1 unspecified atom stereocenters. The molecule has 1 atom stereocenters. The Bertz CT molecular complexity index is 1000. The van der Waals surface area contributed by atoms with E-state index in [1.807, 2.05) is 0 Å². The van der Waals surface area contributed by atoms with Crippen molar-refractivity contribution in [2.45, 2.75) is 13.0 Å². The van der Waals surface area contributed by atoms with Crippen molar-refractivity contribution in [3.63, 3.8) is 0 Å². The second-order valence-electron chi connectivity index (χ2n) is 5.91. The molecule has 0 saturated heterocycles. The molecule has 26 heavy (non-hydrogen) atoms. The van der Waals surface area contributed by atoms with Crippen molar-refractivity contribution in [3.05, 3.63) is 52.6 Å². The van der Waals surface area contributed by atoms with Crippen LogP contribution in [0.5, 0.6) is 11.5 Å². The van der Waals surface area contributed by atoms with Crippen LogP contribution in [0.1, 0.15) is 28.9 Å². The normalized spacial score (nSPS) is 17.3. The zero-order valence-electron chi connectivity index (χ0n) is 13.8. The van der Waals surface area contributed by atoms with Crippen molar-refractivity contribution in [3.8, 4) is 11.5 Å². The maximum Gasteiger partial charge on any atom is 0.253 e. The van der Waals surface area contributed by atoms with Gasteiger partial charge in [0.1, 0.15) is 35.7 Å². The molecule has 1 amide bonds. The smallest absolute Gasteiger partial charge is 0.253 e. The summed E-state index contributed by atoms with van der Waals surface area (Å²) in [5.74, 6) is 0.0444. The van der Waals surface area contributed by atoms with Crippen LogP contribution in [0, 0.1) is 5.82 Å². The molecule has 1 aromatic carbocycles. The molecule has 6 nitrogen and oxygen atoms in total. The minimum Gasteiger partial charge on any atom is -0.491 e. The van der Waals surface area contributed by atoms with Gasteiger partial charge in [0.05, 0.1) is 28.9 Å². The second kappa shape index (κ2) is 6.49. The lowest BCUT2D eigenvalue weighted by Crippen LogP contribution is -2.28. The molecule has 2 N–H and O–H groups in total. The SMILES string of the molecule is CC1Oc2cnc3[nH]cc(c3c2)C(=O)NCCOc2ccc(F)c(Cl)c21. The fourth-order valence-electron chi connectivity index (χ4n) is 2.97. The van der Waals surface area contributed by atoms with Gasteiger partial charge in [0.2, 0.25) is 0 Å². The molecule has 0 saturated carbocycles. The summed E-state index contributed by atoms with van der Waals surface area (Å²) in [5, 5.41) is 3.37. The highest BCUT2D eigenvalue weighted by molar-refractivity contribution is 6.31. The first-order valence-corrected chi connectivity index (χ1v) is 8.45. The number of nitrogens with one attached hydrogen (secondary N) is 2. The van der Waals surface area contributed by atoms with Gasteiger partial charge in [-0.15, -0.1) is 0 Å². The van der Waals surface area contributed by atoms with Crippen molar-refractivity contribution >= 4 is 28.5 Å². The first-order valence-electron chi connectivity index (χ1n) is 8.07. The number of halogens is 2. The van der Waals surface area contributed by atoms with Gasteiger partial charge in [-0.1, -0.05) is 11.6 Å². The summed E-state index contributed by atoms with van der Waals surface area (Å²) in [6, 6.07) is 4.46. The number of amides is 1. The fraction of sp³-hybridized carbons (Fsp3) is 0.222. The summed E-state index contributed by atoms with van der Waals surface area (Å²) >= 11 is 6.16. The van der Waals surface area contributed by atoms with Crippen LogP contribution < -0.4 is 14.8 Å². The van der Waals surface area contributed by atoms with E-state index in [1.54, 1.807) is 19.2 Å². The Balaban J connectivity index is 1.82. The number of aromatic nitrogens is 2. The highest BCUT2D eigenvalue weighted by Gasteiger charge is 2.22. The molecule has 0 radical (unpaired) electrons. The van der Waals surface area contributed by atoms with Crippen molar-refractivity contribution < 1.29 is 18.7 Å². The number of H-pyrrole nitrogens is 1. The van der Waals surface area contributed by atoms with Gasteiger partial charge in [-0.25, -0.2) is 9.37 Å². The molecule has 2 bridgehead atoms. The number of hydrogen-bond acceptors (Lipinski definition) is 4. The average molecular weight is 376 g/mol. The zero-order valence-corrected chi connectivity index (χ0v) is 14.6. The Morgan fingerprint density at radius 3 is 3.08 bits per heavy atom. The fourth-order valence-corrected chi connectivity index (χ4v) is 3.28. The van der Waals surface area contributed by atoms with Gasteiger partial charge < -0.3 is 19.8 Å². The largest absolute Gasteiger partial charge is 0.491 e. The van der Waals surface area contributed by atoms with Crippen LogP contribution in [0.15, 0.2) is 30.6 Å². The van der Waals surface area contributed by atoms with E-state index in [2.05, 4.69) is 15.3 Å². The lowest BCUT2D eigenvalue weighted by atomic mass is 10.1. The van der Waals surface area contributed by atoms with Crippen LogP contribution in [-0.4, -0.2) is 29.0 Å². The molecule has 0 aliphatic carbocycles. The van der Waals surface area contributed by atoms with Crippen LogP contribution in [0.4, 0.5) is 4.39 Å². The van der Waals surface area contributed by atoms with E-state index >= 15 is 0 Å². The minimum absolute atomic E-state index is 0.0507. The van der Waals surface area contributed by atoms with Crippen molar-refractivity contribution in [2.24, 2.45) is 0 Å². The number of pyridine rings is 1. The number of hydrogen-bond donors (Lipinski definition) is 2. The topological polar surface area (TPSA) is 76.2 Å². The molecule has 3 heterocycles. The monoisotopic (exact) mass is 375 g/mol.